The number of nitrogens with zero attached hydrogens (tertiary/aromatic N) is 1. The van der Waals surface area contributed by atoms with Crippen LogP contribution in [-0.2, 0) is 35.2 Å². The molecule has 6 nitrogen and oxygen atoms in total. The number of para-hydroxylation sites is 1. The van der Waals surface area contributed by atoms with Crippen molar-refractivity contribution < 1.29 is 19.4 Å². The van der Waals surface area contributed by atoms with Crippen molar-refractivity contribution in [3.05, 3.63) is 64.7 Å². The summed E-state index contributed by atoms with van der Waals surface area (Å²) in [6.45, 7) is 5.70. The minimum Gasteiger partial charge on any atom is -0.492 e. The maximum absolute atomic E-state index is 11.0. The van der Waals surface area contributed by atoms with Gasteiger partial charge in [0.1, 0.15) is 12.4 Å². The van der Waals surface area contributed by atoms with Crippen molar-refractivity contribution in [2.24, 2.45) is 5.73 Å². The topological polar surface area (TPSA) is 85.0 Å². The number of aryl methyl sites for hydroxylation is 3. The summed E-state index contributed by atoms with van der Waals surface area (Å²) in [5.41, 5.74) is 10.4. The van der Waals surface area contributed by atoms with Gasteiger partial charge in [-0.3, -0.25) is 9.69 Å². The maximum atomic E-state index is 11.0. The molecule has 3 rings (SSSR count). The van der Waals surface area contributed by atoms with Crippen LogP contribution in [0.5, 0.6) is 5.75 Å². The second kappa shape index (κ2) is 12.4. The largest absolute Gasteiger partial charge is 0.492 e. The molecule has 168 valence electrons. The fraction of sp³-hybridized carbons (Fsp3) is 0.480. The third kappa shape index (κ3) is 7.98. The van der Waals surface area contributed by atoms with Crippen LogP contribution in [0.3, 0.4) is 0 Å². The predicted molar refractivity (Wildman–Crippen MR) is 122 cm³/mol. The van der Waals surface area contributed by atoms with E-state index in [1.165, 1.54) is 16.7 Å². The number of benzene rings is 2. The van der Waals surface area contributed by atoms with Crippen LogP contribution in [0.25, 0.3) is 0 Å². The molecule has 2 aromatic carbocycles. The third-order valence-electron chi connectivity index (χ3n) is 5.60. The van der Waals surface area contributed by atoms with Gasteiger partial charge in [-0.05, 0) is 60.5 Å². The van der Waals surface area contributed by atoms with Crippen LogP contribution in [0.2, 0.25) is 0 Å². The van der Waals surface area contributed by atoms with Crippen LogP contribution in [0.4, 0.5) is 0 Å². The minimum atomic E-state index is -0.770. The lowest BCUT2D eigenvalue weighted by Crippen LogP contribution is -2.38. The van der Waals surface area contributed by atoms with Crippen molar-refractivity contribution in [3.63, 3.8) is 0 Å². The summed E-state index contributed by atoms with van der Waals surface area (Å²) >= 11 is 0. The molecule has 0 aromatic heterocycles. The zero-order chi connectivity index (χ0) is 21.9. The number of ether oxygens (including phenoxy) is 2. The molecule has 0 saturated carbocycles. The first-order chi connectivity index (χ1) is 15.1. The number of carbonyl (C=O) groups is 1. The molecule has 0 radical (unpaired) electrons. The third-order valence-corrected chi connectivity index (χ3v) is 5.60. The number of aliphatic carboxylic acids is 1. The van der Waals surface area contributed by atoms with Gasteiger partial charge in [-0.25, -0.2) is 0 Å². The second-order valence-electron chi connectivity index (χ2n) is 8.00. The Morgan fingerprint density at radius 2 is 1.68 bits per heavy atom. The quantitative estimate of drug-likeness (QED) is 0.543. The predicted octanol–water partition coefficient (Wildman–Crippen LogP) is 2.70. The van der Waals surface area contributed by atoms with E-state index in [9.17, 15) is 4.79 Å². The average Bonchev–Trinajstić information content (AvgIpc) is 2.78. The fourth-order valence-corrected chi connectivity index (χ4v) is 3.93. The number of morpholine rings is 1. The van der Waals surface area contributed by atoms with Gasteiger partial charge in [0.25, 0.3) is 0 Å². The standard InChI is InChI=1S/C25H34N2O4/c26-10-9-22-18-20(17-21(19-22)6-8-25(28)29)5-7-23-3-1-2-4-24(23)31-16-13-27-11-14-30-15-12-27/h1-4,17-19H,5-16,26H2,(H,28,29). The van der Waals surface area contributed by atoms with Crippen LogP contribution in [0.15, 0.2) is 42.5 Å². The first kappa shape index (κ1) is 23.3. The van der Waals surface area contributed by atoms with Crippen molar-refractivity contribution in [3.8, 4) is 5.75 Å². The smallest absolute Gasteiger partial charge is 0.303 e. The van der Waals surface area contributed by atoms with Gasteiger partial charge >= 0.3 is 5.97 Å². The number of hydrogen-bond donors (Lipinski definition) is 2. The second-order valence-corrected chi connectivity index (χ2v) is 8.00. The first-order valence-corrected chi connectivity index (χ1v) is 11.2. The fourth-order valence-electron chi connectivity index (χ4n) is 3.93. The SMILES string of the molecule is NCCc1cc(CCC(=O)O)cc(CCc2ccccc2OCCN2CCOCC2)c1. The van der Waals surface area contributed by atoms with Crippen molar-refractivity contribution >= 4 is 5.97 Å². The Morgan fingerprint density at radius 1 is 1.00 bits per heavy atom. The van der Waals surface area contributed by atoms with Crippen LogP contribution in [0.1, 0.15) is 28.7 Å². The molecule has 6 heteroatoms. The number of nitrogens with two attached hydrogens (primary N) is 1. The lowest BCUT2D eigenvalue weighted by Gasteiger charge is -2.26. The van der Waals surface area contributed by atoms with Gasteiger partial charge in [0.2, 0.25) is 0 Å². The van der Waals surface area contributed by atoms with E-state index in [4.69, 9.17) is 20.3 Å². The molecule has 31 heavy (non-hydrogen) atoms. The van der Waals surface area contributed by atoms with E-state index in [-0.39, 0.29) is 6.42 Å². The highest BCUT2D eigenvalue weighted by Crippen LogP contribution is 2.21. The highest BCUT2D eigenvalue weighted by atomic mass is 16.5. The van der Waals surface area contributed by atoms with Crippen LogP contribution in [-0.4, -0.2) is 62.0 Å². The van der Waals surface area contributed by atoms with E-state index < -0.39 is 5.97 Å². The summed E-state index contributed by atoms with van der Waals surface area (Å²) in [5, 5.41) is 9.01. The van der Waals surface area contributed by atoms with Crippen LogP contribution < -0.4 is 10.5 Å². The molecule has 0 atom stereocenters. The summed E-state index contributed by atoms with van der Waals surface area (Å²) in [5.74, 6) is 0.175. The minimum absolute atomic E-state index is 0.144. The van der Waals surface area contributed by atoms with Gasteiger partial charge < -0.3 is 20.3 Å². The van der Waals surface area contributed by atoms with Gasteiger partial charge in [0, 0.05) is 26.1 Å². The normalized spacial score (nSPS) is 14.5. The van der Waals surface area contributed by atoms with E-state index >= 15 is 0 Å². The molecule has 1 aliphatic rings. The van der Waals surface area contributed by atoms with Crippen molar-refractivity contribution in [2.75, 3.05) is 46.0 Å². The lowest BCUT2D eigenvalue weighted by atomic mass is 9.96. The first-order valence-electron chi connectivity index (χ1n) is 11.2. The molecule has 1 saturated heterocycles. The molecule has 1 fully saturated rings. The van der Waals surface area contributed by atoms with Crippen LogP contribution in [0, 0.1) is 0 Å². The maximum Gasteiger partial charge on any atom is 0.303 e. The highest BCUT2D eigenvalue weighted by Gasteiger charge is 2.11. The molecule has 0 spiro atoms. The molecular formula is C25H34N2O4. The number of rotatable bonds is 12. The summed E-state index contributed by atoms with van der Waals surface area (Å²) < 4.78 is 11.5. The molecule has 0 aliphatic carbocycles. The van der Waals surface area contributed by atoms with Gasteiger partial charge in [-0.2, -0.15) is 0 Å². The van der Waals surface area contributed by atoms with E-state index in [0.29, 0.717) is 19.6 Å². The molecule has 0 unspecified atom stereocenters. The van der Waals surface area contributed by atoms with Crippen molar-refractivity contribution in [2.45, 2.75) is 32.1 Å². The summed E-state index contributed by atoms with van der Waals surface area (Å²) in [7, 11) is 0. The summed E-state index contributed by atoms with van der Waals surface area (Å²) in [6.07, 6.45) is 3.24. The molecule has 0 bridgehead atoms. The Hall–Kier alpha value is -2.41. The zero-order valence-electron chi connectivity index (χ0n) is 18.2. The van der Waals surface area contributed by atoms with Gasteiger partial charge in [0.05, 0.1) is 13.2 Å². The van der Waals surface area contributed by atoms with E-state index in [1.807, 2.05) is 18.2 Å². The van der Waals surface area contributed by atoms with Gasteiger partial charge in [-0.15, -0.1) is 0 Å². The molecule has 3 N–H and O–H groups in total. The van der Waals surface area contributed by atoms with Crippen LogP contribution >= 0.6 is 0 Å². The zero-order valence-corrected chi connectivity index (χ0v) is 18.2. The highest BCUT2D eigenvalue weighted by molar-refractivity contribution is 5.67. The van der Waals surface area contributed by atoms with Crippen molar-refractivity contribution in [1.29, 1.82) is 0 Å². The Bertz CT molecular complexity index is 834. The Morgan fingerprint density at radius 3 is 2.39 bits per heavy atom. The molecule has 0 amide bonds. The molecule has 2 aromatic rings. The Labute approximate surface area is 185 Å². The van der Waals surface area contributed by atoms with Gasteiger partial charge in [0.15, 0.2) is 0 Å². The summed E-state index contributed by atoms with van der Waals surface area (Å²) in [4.78, 5) is 13.3. The van der Waals surface area contributed by atoms with E-state index in [1.54, 1.807) is 0 Å². The average molecular weight is 427 g/mol. The Balaban J connectivity index is 1.60. The lowest BCUT2D eigenvalue weighted by molar-refractivity contribution is -0.136. The Kier molecular flexibility index (Phi) is 9.34. The monoisotopic (exact) mass is 426 g/mol. The van der Waals surface area contributed by atoms with E-state index in [0.717, 1.165) is 63.4 Å². The van der Waals surface area contributed by atoms with E-state index in [2.05, 4.69) is 29.2 Å². The number of carboxylic acids is 1. The molecular weight excluding hydrogens is 392 g/mol. The number of carboxylic acid groups (broad SMARTS) is 1. The number of hydrogen-bond acceptors (Lipinski definition) is 5. The summed E-state index contributed by atoms with van der Waals surface area (Å²) in [6, 6.07) is 14.6. The van der Waals surface area contributed by atoms with Gasteiger partial charge in [-0.1, -0.05) is 36.4 Å². The molecule has 1 aliphatic heterocycles. The van der Waals surface area contributed by atoms with Crippen molar-refractivity contribution in [1.82, 2.24) is 4.90 Å². The molecule has 1 heterocycles.